The number of aromatic nitrogens is 1. The van der Waals surface area contributed by atoms with E-state index < -0.39 is 5.97 Å². The van der Waals surface area contributed by atoms with Crippen LogP contribution in [-0.4, -0.2) is 17.6 Å². The van der Waals surface area contributed by atoms with E-state index in [1.165, 1.54) is 6.07 Å². The SMILES string of the molecule is CCCCCCOC(=O)c1nc(Cl)cc(N)c1Cl. The normalized spacial score (nSPS) is 10.4. The third-order valence-corrected chi connectivity index (χ3v) is 2.97. The number of carbonyl (C=O) groups is 1. The molecule has 6 heteroatoms. The van der Waals surface area contributed by atoms with Crippen LogP contribution in [0.15, 0.2) is 6.07 Å². The van der Waals surface area contributed by atoms with Gasteiger partial charge >= 0.3 is 5.97 Å². The molecule has 1 rings (SSSR count). The van der Waals surface area contributed by atoms with Gasteiger partial charge in [0.15, 0.2) is 5.69 Å². The predicted molar refractivity (Wildman–Crippen MR) is 73.1 cm³/mol. The largest absolute Gasteiger partial charge is 0.461 e. The molecule has 0 fully saturated rings. The molecule has 0 spiro atoms. The Morgan fingerprint density at radius 2 is 2.11 bits per heavy atom. The standard InChI is InChI=1S/C12H16Cl2N2O2/c1-2-3-4-5-6-18-12(17)11-10(14)8(15)7-9(13)16-11/h7H,2-6H2,1H3,(H2,15,16). The van der Waals surface area contributed by atoms with Crippen molar-refractivity contribution in [2.24, 2.45) is 0 Å². The molecule has 0 saturated carbocycles. The summed E-state index contributed by atoms with van der Waals surface area (Å²) >= 11 is 11.6. The van der Waals surface area contributed by atoms with Crippen LogP contribution < -0.4 is 5.73 Å². The fourth-order valence-electron chi connectivity index (χ4n) is 1.41. The number of unbranched alkanes of at least 4 members (excludes halogenated alkanes) is 3. The van der Waals surface area contributed by atoms with Crippen LogP contribution in [0.2, 0.25) is 10.2 Å². The van der Waals surface area contributed by atoms with Crippen LogP contribution in [0.4, 0.5) is 5.69 Å². The molecular formula is C12H16Cl2N2O2. The number of nitrogens with two attached hydrogens (primary N) is 1. The Bertz CT molecular complexity index is 425. The molecule has 1 aromatic rings. The Hall–Kier alpha value is -1.00. The van der Waals surface area contributed by atoms with Crippen LogP contribution in [-0.2, 0) is 4.74 Å². The Morgan fingerprint density at radius 1 is 1.39 bits per heavy atom. The molecule has 0 atom stereocenters. The highest BCUT2D eigenvalue weighted by Gasteiger charge is 2.17. The third kappa shape index (κ3) is 4.35. The summed E-state index contributed by atoms with van der Waals surface area (Å²) in [5.74, 6) is -0.592. The lowest BCUT2D eigenvalue weighted by molar-refractivity contribution is 0.0491. The maximum absolute atomic E-state index is 11.7. The third-order valence-electron chi connectivity index (χ3n) is 2.38. The molecule has 0 unspecified atom stereocenters. The highest BCUT2D eigenvalue weighted by Crippen LogP contribution is 2.25. The summed E-state index contributed by atoms with van der Waals surface area (Å²) in [5, 5.41) is 0.202. The number of esters is 1. The summed E-state index contributed by atoms with van der Waals surface area (Å²) in [6.07, 6.45) is 4.11. The minimum atomic E-state index is -0.592. The number of ether oxygens (including phenoxy) is 1. The predicted octanol–water partition coefficient (Wildman–Crippen LogP) is 3.71. The Balaban J connectivity index is 2.56. The summed E-state index contributed by atoms with van der Waals surface area (Å²) in [6, 6.07) is 1.39. The lowest BCUT2D eigenvalue weighted by atomic mass is 10.2. The number of hydrogen-bond donors (Lipinski definition) is 1. The lowest BCUT2D eigenvalue weighted by Gasteiger charge is -2.07. The van der Waals surface area contributed by atoms with Crippen LogP contribution in [0, 0.1) is 0 Å². The van der Waals surface area contributed by atoms with E-state index in [1.807, 2.05) is 0 Å². The van der Waals surface area contributed by atoms with Crippen molar-refractivity contribution in [3.63, 3.8) is 0 Å². The Labute approximate surface area is 116 Å². The summed E-state index contributed by atoms with van der Waals surface area (Å²) in [6.45, 7) is 2.47. The molecule has 0 bridgehead atoms. The van der Waals surface area contributed by atoms with Crippen molar-refractivity contribution in [3.8, 4) is 0 Å². The van der Waals surface area contributed by atoms with Gasteiger partial charge in [0, 0.05) is 0 Å². The van der Waals surface area contributed by atoms with Crippen LogP contribution in [0.3, 0.4) is 0 Å². The first-order valence-corrected chi connectivity index (χ1v) is 6.60. The van der Waals surface area contributed by atoms with Crippen molar-refractivity contribution in [2.45, 2.75) is 32.6 Å². The van der Waals surface area contributed by atoms with E-state index in [9.17, 15) is 4.79 Å². The maximum Gasteiger partial charge on any atom is 0.358 e. The number of hydrogen-bond acceptors (Lipinski definition) is 4. The summed E-state index contributed by atoms with van der Waals surface area (Å²) in [4.78, 5) is 15.5. The molecule has 0 aromatic carbocycles. The number of nitrogen functional groups attached to an aromatic ring is 1. The van der Waals surface area contributed by atoms with Gasteiger partial charge in [-0.15, -0.1) is 0 Å². The van der Waals surface area contributed by atoms with Crippen molar-refractivity contribution >= 4 is 34.9 Å². The first-order valence-electron chi connectivity index (χ1n) is 5.85. The van der Waals surface area contributed by atoms with Gasteiger partial charge in [-0.25, -0.2) is 9.78 Å². The van der Waals surface area contributed by atoms with Crippen LogP contribution >= 0.6 is 23.2 Å². The first-order chi connectivity index (χ1) is 8.56. The van der Waals surface area contributed by atoms with Gasteiger partial charge in [0.25, 0.3) is 0 Å². The second kappa shape index (κ2) is 7.44. The molecule has 0 aliphatic heterocycles. The van der Waals surface area contributed by atoms with Crippen LogP contribution in [0.5, 0.6) is 0 Å². The minimum Gasteiger partial charge on any atom is -0.461 e. The molecule has 4 nitrogen and oxygen atoms in total. The van der Waals surface area contributed by atoms with Gasteiger partial charge < -0.3 is 10.5 Å². The molecule has 100 valence electrons. The molecule has 0 amide bonds. The molecule has 0 radical (unpaired) electrons. The van der Waals surface area contributed by atoms with Crippen LogP contribution in [0.25, 0.3) is 0 Å². The molecule has 0 aliphatic rings. The first kappa shape index (κ1) is 15.1. The molecule has 0 aliphatic carbocycles. The average molecular weight is 291 g/mol. The van der Waals surface area contributed by atoms with Crippen molar-refractivity contribution in [3.05, 3.63) is 21.9 Å². The number of nitrogens with zero attached hydrogens (tertiary/aromatic N) is 1. The minimum absolute atomic E-state index is 0.0304. The van der Waals surface area contributed by atoms with Gasteiger partial charge in [-0.05, 0) is 12.5 Å². The maximum atomic E-state index is 11.7. The van der Waals surface area contributed by atoms with Crippen molar-refractivity contribution in [1.29, 1.82) is 0 Å². The van der Waals surface area contributed by atoms with E-state index >= 15 is 0 Å². The average Bonchev–Trinajstić information content (AvgIpc) is 2.33. The smallest absolute Gasteiger partial charge is 0.358 e. The number of rotatable bonds is 6. The fourth-order valence-corrected chi connectivity index (χ4v) is 1.79. The van der Waals surface area contributed by atoms with Gasteiger partial charge in [0.2, 0.25) is 0 Å². The zero-order valence-corrected chi connectivity index (χ0v) is 11.7. The monoisotopic (exact) mass is 290 g/mol. The Kier molecular flexibility index (Phi) is 6.22. The van der Waals surface area contributed by atoms with E-state index in [0.29, 0.717) is 6.61 Å². The molecule has 1 aromatic heterocycles. The number of pyridine rings is 1. The lowest BCUT2D eigenvalue weighted by Crippen LogP contribution is -2.10. The Morgan fingerprint density at radius 3 is 2.78 bits per heavy atom. The molecular weight excluding hydrogens is 275 g/mol. The second-order valence-corrected chi connectivity index (χ2v) is 4.66. The van der Waals surface area contributed by atoms with Crippen LogP contribution in [0.1, 0.15) is 43.1 Å². The van der Waals surface area contributed by atoms with E-state index in [2.05, 4.69) is 11.9 Å². The molecule has 1 heterocycles. The topological polar surface area (TPSA) is 65.2 Å². The fraction of sp³-hybridized carbons (Fsp3) is 0.500. The van der Waals surface area contributed by atoms with Gasteiger partial charge in [-0.3, -0.25) is 0 Å². The highest BCUT2D eigenvalue weighted by molar-refractivity contribution is 6.37. The van der Waals surface area contributed by atoms with Gasteiger partial charge in [0.1, 0.15) is 5.15 Å². The summed E-state index contributed by atoms with van der Waals surface area (Å²) in [5.41, 5.74) is 5.78. The molecule has 2 N–H and O–H groups in total. The number of anilines is 1. The summed E-state index contributed by atoms with van der Waals surface area (Å²) < 4.78 is 5.07. The van der Waals surface area contributed by atoms with Gasteiger partial charge in [-0.1, -0.05) is 49.4 Å². The highest BCUT2D eigenvalue weighted by atomic mass is 35.5. The van der Waals surface area contributed by atoms with Crippen molar-refractivity contribution < 1.29 is 9.53 Å². The van der Waals surface area contributed by atoms with Gasteiger partial charge in [0.05, 0.1) is 17.3 Å². The number of carbonyl (C=O) groups excluding carboxylic acids is 1. The van der Waals surface area contributed by atoms with E-state index in [0.717, 1.165) is 25.7 Å². The molecule has 0 saturated heterocycles. The summed E-state index contributed by atoms with van der Waals surface area (Å²) in [7, 11) is 0. The van der Waals surface area contributed by atoms with Gasteiger partial charge in [-0.2, -0.15) is 0 Å². The second-order valence-electron chi connectivity index (χ2n) is 3.89. The quantitative estimate of drug-likeness (QED) is 0.493. The molecule has 18 heavy (non-hydrogen) atoms. The zero-order chi connectivity index (χ0) is 13.5. The zero-order valence-electron chi connectivity index (χ0n) is 10.2. The van der Waals surface area contributed by atoms with E-state index in [4.69, 9.17) is 33.7 Å². The van der Waals surface area contributed by atoms with Crippen molar-refractivity contribution in [1.82, 2.24) is 4.98 Å². The van der Waals surface area contributed by atoms with Crippen molar-refractivity contribution in [2.75, 3.05) is 12.3 Å². The van der Waals surface area contributed by atoms with E-state index in [1.54, 1.807) is 0 Å². The van der Waals surface area contributed by atoms with E-state index in [-0.39, 0.29) is 21.6 Å². The number of halogens is 2.